The zero-order chi connectivity index (χ0) is 13.1. The van der Waals surface area contributed by atoms with Gasteiger partial charge < -0.3 is 5.73 Å². The fourth-order valence-corrected chi connectivity index (χ4v) is 1.70. The molecule has 0 unspecified atom stereocenters. The Morgan fingerprint density at radius 2 is 1.82 bits per heavy atom. The quantitative estimate of drug-likeness (QED) is 0.729. The summed E-state index contributed by atoms with van der Waals surface area (Å²) in [7, 11) is -0.666. The highest BCUT2D eigenvalue weighted by molar-refractivity contribution is 7.90. The summed E-state index contributed by atoms with van der Waals surface area (Å²) in [5.74, 6) is -0.188. The molecule has 17 heavy (non-hydrogen) atoms. The number of Topliss-reactive ketones (excluding diaryl/α,β-unsaturated/α-hetero) is 1. The number of rotatable bonds is 5. The molecule has 6 nitrogen and oxygen atoms in total. The minimum atomic E-state index is -3.52. The molecule has 0 radical (unpaired) electrons. The molecular formula is C10H15N3O3S. The highest BCUT2D eigenvalue weighted by atomic mass is 32.2. The number of benzene rings is 1. The van der Waals surface area contributed by atoms with Crippen molar-refractivity contribution in [3.05, 3.63) is 29.8 Å². The number of nitrogens with one attached hydrogen (secondary N) is 1. The van der Waals surface area contributed by atoms with Gasteiger partial charge in [-0.1, -0.05) is 0 Å². The van der Waals surface area contributed by atoms with Gasteiger partial charge in [0.25, 0.3) is 0 Å². The first-order chi connectivity index (χ1) is 7.86. The van der Waals surface area contributed by atoms with Crippen molar-refractivity contribution in [2.45, 2.75) is 0 Å². The van der Waals surface area contributed by atoms with Crippen molar-refractivity contribution in [3.8, 4) is 0 Å². The fraction of sp³-hybridized carbons (Fsp3) is 0.300. The molecule has 0 amide bonds. The van der Waals surface area contributed by atoms with Crippen LogP contribution in [0, 0.1) is 0 Å². The summed E-state index contributed by atoms with van der Waals surface area (Å²) in [4.78, 5) is 11.2. The summed E-state index contributed by atoms with van der Waals surface area (Å²) >= 11 is 0. The van der Waals surface area contributed by atoms with E-state index >= 15 is 0 Å². The summed E-state index contributed by atoms with van der Waals surface area (Å²) in [5, 5.41) is 0. The third-order valence-corrected chi connectivity index (χ3v) is 3.57. The molecule has 0 saturated carbocycles. The van der Waals surface area contributed by atoms with Crippen molar-refractivity contribution in [1.82, 2.24) is 4.31 Å². The van der Waals surface area contributed by atoms with Crippen LogP contribution in [0.2, 0.25) is 0 Å². The molecule has 0 aliphatic rings. The Morgan fingerprint density at radius 3 is 2.24 bits per heavy atom. The van der Waals surface area contributed by atoms with Crippen molar-refractivity contribution in [2.75, 3.05) is 25.4 Å². The van der Waals surface area contributed by atoms with Crippen LogP contribution in [-0.4, -0.2) is 39.1 Å². The van der Waals surface area contributed by atoms with Crippen molar-refractivity contribution in [2.24, 2.45) is 5.73 Å². The number of carbonyl (C=O) groups excluding carboxylic acids is 1. The summed E-state index contributed by atoms with van der Waals surface area (Å²) in [6.07, 6.45) is 0. The van der Waals surface area contributed by atoms with E-state index in [0.29, 0.717) is 11.3 Å². The summed E-state index contributed by atoms with van der Waals surface area (Å²) in [5.41, 5.74) is 6.07. The van der Waals surface area contributed by atoms with Gasteiger partial charge in [-0.25, -0.2) is 0 Å². The van der Waals surface area contributed by atoms with E-state index in [1.807, 2.05) is 0 Å². The number of nitrogens with zero attached hydrogens (tertiary/aromatic N) is 1. The van der Waals surface area contributed by atoms with Crippen LogP contribution in [-0.2, 0) is 10.2 Å². The Kier molecular flexibility index (Phi) is 4.22. The molecule has 3 N–H and O–H groups in total. The molecule has 0 heterocycles. The highest BCUT2D eigenvalue weighted by Crippen LogP contribution is 2.12. The first kappa shape index (κ1) is 13.6. The highest BCUT2D eigenvalue weighted by Gasteiger charge is 2.12. The van der Waals surface area contributed by atoms with Gasteiger partial charge in [-0.15, -0.1) is 0 Å². The average Bonchev–Trinajstić information content (AvgIpc) is 2.28. The second-order valence-corrected chi connectivity index (χ2v) is 5.48. The monoisotopic (exact) mass is 257 g/mol. The van der Waals surface area contributed by atoms with Gasteiger partial charge in [0.2, 0.25) is 0 Å². The van der Waals surface area contributed by atoms with Crippen molar-refractivity contribution in [1.29, 1.82) is 0 Å². The maximum absolute atomic E-state index is 11.5. The van der Waals surface area contributed by atoms with E-state index in [1.54, 1.807) is 0 Å². The fourth-order valence-electron chi connectivity index (χ4n) is 1.08. The Hall–Kier alpha value is -1.44. The van der Waals surface area contributed by atoms with Gasteiger partial charge in [0.1, 0.15) is 0 Å². The van der Waals surface area contributed by atoms with Crippen LogP contribution in [0.5, 0.6) is 0 Å². The largest absolute Gasteiger partial charge is 0.324 e. The molecular weight excluding hydrogens is 242 g/mol. The maximum Gasteiger partial charge on any atom is 0.301 e. The zero-order valence-electron chi connectivity index (χ0n) is 9.67. The van der Waals surface area contributed by atoms with Crippen LogP contribution >= 0.6 is 0 Å². The second kappa shape index (κ2) is 5.26. The Balaban J connectivity index is 2.86. The lowest BCUT2D eigenvalue weighted by atomic mass is 10.1. The number of anilines is 1. The van der Waals surface area contributed by atoms with Crippen LogP contribution in [0.15, 0.2) is 24.3 Å². The van der Waals surface area contributed by atoms with E-state index in [0.717, 1.165) is 4.31 Å². The molecule has 0 saturated heterocycles. The number of hydrogen-bond acceptors (Lipinski definition) is 4. The van der Waals surface area contributed by atoms with E-state index in [-0.39, 0.29) is 12.3 Å². The lowest BCUT2D eigenvalue weighted by Crippen LogP contribution is -2.28. The van der Waals surface area contributed by atoms with Crippen molar-refractivity contribution < 1.29 is 13.2 Å². The molecule has 7 heteroatoms. The molecule has 0 aliphatic heterocycles. The SMILES string of the molecule is CN(C)S(=O)(=O)Nc1ccc(C(=O)CN)cc1. The number of nitrogens with two attached hydrogens (primary N) is 1. The smallest absolute Gasteiger partial charge is 0.301 e. The predicted octanol–water partition coefficient (Wildman–Crippen LogP) is 0.0463. The number of carbonyl (C=O) groups is 1. The molecule has 0 aliphatic carbocycles. The second-order valence-electron chi connectivity index (χ2n) is 3.59. The van der Waals surface area contributed by atoms with Crippen LogP contribution in [0.1, 0.15) is 10.4 Å². The normalized spacial score (nSPS) is 11.5. The van der Waals surface area contributed by atoms with Crippen LogP contribution in [0.25, 0.3) is 0 Å². The van der Waals surface area contributed by atoms with Gasteiger partial charge in [0, 0.05) is 25.3 Å². The minimum Gasteiger partial charge on any atom is -0.324 e. The standard InChI is InChI=1S/C10H15N3O3S/c1-13(2)17(15,16)12-9-5-3-8(4-6-9)10(14)7-11/h3-6,12H,7,11H2,1-2H3. The van der Waals surface area contributed by atoms with E-state index in [1.165, 1.54) is 38.4 Å². The van der Waals surface area contributed by atoms with Gasteiger partial charge in [-0.05, 0) is 24.3 Å². The van der Waals surface area contributed by atoms with Crippen molar-refractivity contribution >= 4 is 21.7 Å². The molecule has 1 aromatic rings. The minimum absolute atomic E-state index is 0.0667. The third kappa shape index (κ3) is 3.52. The average molecular weight is 257 g/mol. The zero-order valence-corrected chi connectivity index (χ0v) is 10.5. The molecule has 0 spiro atoms. The Labute approximate surface area is 101 Å². The number of ketones is 1. The van der Waals surface area contributed by atoms with Crippen molar-refractivity contribution in [3.63, 3.8) is 0 Å². The van der Waals surface area contributed by atoms with Crippen LogP contribution in [0.3, 0.4) is 0 Å². The van der Waals surface area contributed by atoms with Crippen LogP contribution < -0.4 is 10.5 Å². The van der Waals surface area contributed by atoms with Gasteiger partial charge >= 0.3 is 10.2 Å². The summed E-state index contributed by atoms with van der Waals surface area (Å²) < 4.78 is 26.4. The Morgan fingerprint density at radius 1 is 1.29 bits per heavy atom. The van der Waals surface area contributed by atoms with E-state index in [4.69, 9.17) is 5.73 Å². The van der Waals surface area contributed by atoms with E-state index < -0.39 is 10.2 Å². The van der Waals surface area contributed by atoms with Gasteiger partial charge in [-0.2, -0.15) is 12.7 Å². The van der Waals surface area contributed by atoms with Gasteiger partial charge in [-0.3, -0.25) is 9.52 Å². The molecule has 1 rings (SSSR count). The lowest BCUT2D eigenvalue weighted by Gasteiger charge is -2.13. The first-order valence-electron chi connectivity index (χ1n) is 4.90. The lowest BCUT2D eigenvalue weighted by molar-refractivity contribution is 0.100. The first-order valence-corrected chi connectivity index (χ1v) is 6.34. The molecule has 0 aromatic heterocycles. The molecule has 0 atom stereocenters. The molecule has 94 valence electrons. The van der Waals surface area contributed by atoms with E-state index in [9.17, 15) is 13.2 Å². The number of hydrogen-bond donors (Lipinski definition) is 2. The maximum atomic E-state index is 11.5. The molecule has 0 bridgehead atoms. The predicted molar refractivity (Wildman–Crippen MR) is 66.1 cm³/mol. The topological polar surface area (TPSA) is 92.5 Å². The van der Waals surface area contributed by atoms with E-state index in [2.05, 4.69) is 4.72 Å². The van der Waals surface area contributed by atoms with Gasteiger partial charge in [0.05, 0.1) is 6.54 Å². The third-order valence-electron chi connectivity index (χ3n) is 2.12. The molecule has 0 fully saturated rings. The van der Waals surface area contributed by atoms with Crippen LogP contribution in [0.4, 0.5) is 5.69 Å². The summed E-state index contributed by atoms with van der Waals surface area (Å²) in [6, 6.07) is 6.10. The van der Waals surface area contributed by atoms with Gasteiger partial charge in [0.15, 0.2) is 5.78 Å². The Bertz CT molecular complexity index is 494. The summed E-state index contributed by atoms with van der Waals surface area (Å²) in [6.45, 7) is -0.0667. The molecule has 1 aromatic carbocycles.